The molecule has 1 amide bonds. The van der Waals surface area contributed by atoms with E-state index in [-0.39, 0.29) is 11.4 Å². The topological polar surface area (TPSA) is 55.4 Å². The maximum Gasteiger partial charge on any atom is 0.303 e. The lowest BCUT2D eigenvalue weighted by Gasteiger charge is -2.40. The summed E-state index contributed by atoms with van der Waals surface area (Å²) in [6.45, 7) is 13.2. The Hall–Kier alpha value is -1.58. The van der Waals surface area contributed by atoms with E-state index in [4.69, 9.17) is 4.74 Å². The fraction of sp³-hybridized carbons (Fsp3) is 0.714. The SMILES string of the molecule is CC(=O)OC(C)(C)C(=O)NC1(C)CCC(/C(C)=C/C=C/C(C)C)CC1. The molecule has 142 valence electrons. The van der Waals surface area contributed by atoms with Gasteiger partial charge in [-0.05, 0) is 65.2 Å². The third-order valence-corrected chi connectivity index (χ3v) is 4.95. The molecular weight excluding hydrogens is 314 g/mol. The van der Waals surface area contributed by atoms with Crippen LogP contribution in [0.25, 0.3) is 0 Å². The molecule has 0 aromatic rings. The predicted molar refractivity (Wildman–Crippen MR) is 102 cm³/mol. The summed E-state index contributed by atoms with van der Waals surface area (Å²) in [7, 11) is 0. The van der Waals surface area contributed by atoms with E-state index in [0.717, 1.165) is 25.7 Å². The van der Waals surface area contributed by atoms with Crippen molar-refractivity contribution in [2.45, 2.75) is 85.3 Å². The van der Waals surface area contributed by atoms with Crippen LogP contribution in [0.15, 0.2) is 23.8 Å². The van der Waals surface area contributed by atoms with Gasteiger partial charge in [0.15, 0.2) is 5.60 Å². The third kappa shape index (κ3) is 7.05. The summed E-state index contributed by atoms with van der Waals surface area (Å²) in [5, 5.41) is 3.11. The zero-order valence-electron chi connectivity index (χ0n) is 16.9. The van der Waals surface area contributed by atoms with Crippen LogP contribution in [0, 0.1) is 11.8 Å². The van der Waals surface area contributed by atoms with Crippen molar-refractivity contribution in [3.05, 3.63) is 23.8 Å². The van der Waals surface area contributed by atoms with Gasteiger partial charge in [-0.3, -0.25) is 9.59 Å². The lowest BCUT2D eigenvalue weighted by atomic mass is 9.75. The summed E-state index contributed by atoms with van der Waals surface area (Å²) in [6, 6.07) is 0. The fourth-order valence-corrected chi connectivity index (χ4v) is 3.23. The maximum atomic E-state index is 12.5. The minimum absolute atomic E-state index is 0.226. The van der Waals surface area contributed by atoms with Crippen molar-refractivity contribution >= 4 is 11.9 Å². The molecule has 25 heavy (non-hydrogen) atoms. The van der Waals surface area contributed by atoms with E-state index < -0.39 is 11.6 Å². The van der Waals surface area contributed by atoms with Crippen LogP contribution in [0.5, 0.6) is 0 Å². The third-order valence-electron chi connectivity index (χ3n) is 4.95. The molecule has 0 heterocycles. The lowest BCUT2D eigenvalue weighted by molar-refractivity contribution is -0.164. The van der Waals surface area contributed by atoms with Gasteiger partial charge in [0.2, 0.25) is 0 Å². The highest BCUT2D eigenvalue weighted by atomic mass is 16.6. The zero-order valence-corrected chi connectivity index (χ0v) is 16.9. The molecule has 0 atom stereocenters. The molecule has 0 unspecified atom stereocenters. The van der Waals surface area contributed by atoms with Crippen LogP contribution in [0.3, 0.4) is 0 Å². The minimum atomic E-state index is -1.14. The highest BCUT2D eigenvalue weighted by molar-refractivity contribution is 5.87. The molecule has 0 aromatic heterocycles. The number of nitrogens with one attached hydrogen (secondary N) is 1. The lowest BCUT2D eigenvalue weighted by Crippen LogP contribution is -2.55. The van der Waals surface area contributed by atoms with Gasteiger partial charge in [-0.2, -0.15) is 0 Å². The second-order valence-electron chi connectivity index (χ2n) is 8.43. The Morgan fingerprint density at radius 1 is 1.20 bits per heavy atom. The Morgan fingerprint density at radius 2 is 1.76 bits per heavy atom. The maximum absolute atomic E-state index is 12.5. The minimum Gasteiger partial charge on any atom is -0.450 e. The van der Waals surface area contributed by atoms with Crippen molar-refractivity contribution in [1.29, 1.82) is 0 Å². The van der Waals surface area contributed by atoms with Gasteiger partial charge in [0.05, 0.1) is 0 Å². The summed E-state index contributed by atoms with van der Waals surface area (Å²) in [5.41, 5.74) is 0.0351. The highest BCUT2D eigenvalue weighted by Crippen LogP contribution is 2.36. The Labute approximate surface area is 153 Å². The van der Waals surface area contributed by atoms with Gasteiger partial charge in [-0.25, -0.2) is 0 Å². The average molecular weight is 350 g/mol. The first-order valence-electron chi connectivity index (χ1n) is 9.32. The Balaban J connectivity index is 2.62. The number of hydrogen-bond donors (Lipinski definition) is 1. The summed E-state index contributed by atoms with van der Waals surface area (Å²) in [5.74, 6) is 0.470. The smallest absolute Gasteiger partial charge is 0.303 e. The van der Waals surface area contributed by atoms with Gasteiger partial charge in [-0.1, -0.05) is 37.6 Å². The molecule has 0 saturated heterocycles. The first-order chi connectivity index (χ1) is 11.4. The highest BCUT2D eigenvalue weighted by Gasteiger charge is 2.38. The monoisotopic (exact) mass is 349 g/mol. The van der Waals surface area contributed by atoms with E-state index in [9.17, 15) is 9.59 Å². The Bertz CT molecular complexity index is 535. The molecule has 1 rings (SSSR count). The first kappa shape index (κ1) is 21.5. The van der Waals surface area contributed by atoms with Crippen LogP contribution < -0.4 is 5.32 Å². The predicted octanol–water partition coefficient (Wildman–Crippen LogP) is 4.55. The molecule has 0 spiro atoms. The van der Waals surface area contributed by atoms with Crippen LogP contribution in [0.1, 0.15) is 74.1 Å². The van der Waals surface area contributed by atoms with Gasteiger partial charge < -0.3 is 10.1 Å². The van der Waals surface area contributed by atoms with E-state index in [1.54, 1.807) is 13.8 Å². The van der Waals surface area contributed by atoms with E-state index in [2.05, 4.69) is 51.2 Å². The quantitative estimate of drug-likeness (QED) is 0.565. The zero-order chi connectivity index (χ0) is 19.3. The molecule has 4 heteroatoms. The van der Waals surface area contributed by atoms with Crippen LogP contribution >= 0.6 is 0 Å². The standard InChI is InChI=1S/C21H35NO3/c1-15(2)9-8-10-16(3)18-11-13-21(7,14-12-18)22-19(24)20(5,6)25-17(4)23/h8-10,15,18H,11-14H2,1-7H3,(H,22,24)/b9-8+,16-10+. The molecule has 0 bridgehead atoms. The number of rotatable bonds is 6. The number of ether oxygens (including phenoxy) is 1. The van der Waals surface area contributed by atoms with Crippen molar-refractivity contribution < 1.29 is 14.3 Å². The first-order valence-corrected chi connectivity index (χ1v) is 9.32. The average Bonchev–Trinajstić information content (AvgIpc) is 2.45. The largest absolute Gasteiger partial charge is 0.450 e. The number of esters is 1. The molecule has 0 radical (unpaired) electrons. The Kier molecular flexibility index (Phi) is 7.45. The summed E-state index contributed by atoms with van der Waals surface area (Å²) < 4.78 is 5.14. The molecule has 4 nitrogen and oxygen atoms in total. The number of allylic oxidation sites excluding steroid dienone is 4. The van der Waals surface area contributed by atoms with E-state index in [1.165, 1.54) is 12.5 Å². The van der Waals surface area contributed by atoms with Gasteiger partial charge >= 0.3 is 5.97 Å². The molecule has 0 aromatic carbocycles. The molecular formula is C21H35NO3. The van der Waals surface area contributed by atoms with Gasteiger partial charge in [0.25, 0.3) is 5.91 Å². The number of amides is 1. The van der Waals surface area contributed by atoms with Crippen LogP contribution in [0.2, 0.25) is 0 Å². The second kappa shape index (κ2) is 8.68. The fourth-order valence-electron chi connectivity index (χ4n) is 3.23. The van der Waals surface area contributed by atoms with Crippen molar-refractivity contribution in [1.82, 2.24) is 5.32 Å². The molecule has 1 fully saturated rings. The number of carbonyl (C=O) groups excluding carboxylic acids is 2. The number of hydrogen-bond acceptors (Lipinski definition) is 3. The molecule has 1 aliphatic rings. The molecule has 1 saturated carbocycles. The van der Waals surface area contributed by atoms with Crippen molar-refractivity contribution in [3.8, 4) is 0 Å². The van der Waals surface area contributed by atoms with Crippen molar-refractivity contribution in [2.24, 2.45) is 11.8 Å². The normalized spacial score (nSPS) is 25.3. The molecule has 0 aliphatic heterocycles. The van der Waals surface area contributed by atoms with Crippen molar-refractivity contribution in [2.75, 3.05) is 0 Å². The molecule has 1 N–H and O–H groups in total. The van der Waals surface area contributed by atoms with Crippen LogP contribution in [0.4, 0.5) is 0 Å². The van der Waals surface area contributed by atoms with E-state index >= 15 is 0 Å². The second-order valence-corrected chi connectivity index (χ2v) is 8.43. The molecule has 1 aliphatic carbocycles. The van der Waals surface area contributed by atoms with Gasteiger partial charge in [0, 0.05) is 12.5 Å². The van der Waals surface area contributed by atoms with Gasteiger partial charge in [-0.15, -0.1) is 0 Å². The van der Waals surface area contributed by atoms with Gasteiger partial charge in [0.1, 0.15) is 0 Å². The Morgan fingerprint density at radius 3 is 2.24 bits per heavy atom. The number of carbonyl (C=O) groups is 2. The van der Waals surface area contributed by atoms with Crippen LogP contribution in [-0.2, 0) is 14.3 Å². The van der Waals surface area contributed by atoms with Crippen molar-refractivity contribution in [3.63, 3.8) is 0 Å². The summed E-state index contributed by atoms with van der Waals surface area (Å²) >= 11 is 0. The summed E-state index contributed by atoms with van der Waals surface area (Å²) in [6.07, 6.45) is 10.5. The summed E-state index contributed by atoms with van der Waals surface area (Å²) in [4.78, 5) is 23.7. The van der Waals surface area contributed by atoms with Crippen LogP contribution in [-0.4, -0.2) is 23.0 Å². The van der Waals surface area contributed by atoms with E-state index in [0.29, 0.717) is 11.8 Å². The van der Waals surface area contributed by atoms with E-state index in [1.807, 2.05) is 0 Å².